The number of hydrogen-bond acceptors (Lipinski definition) is 4. The summed E-state index contributed by atoms with van der Waals surface area (Å²) in [4.78, 5) is 12.7. The molecule has 30 heavy (non-hydrogen) atoms. The minimum Gasteiger partial charge on any atom is -0.454 e. The predicted molar refractivity (Wildman–Crippen MR) is 113 cm³/mol. The molecule has 0 spiro atoms. The van der Waals surface area contributed by atoms with Crippen LogP contribution in [0.1, 0.15) is 29.7 Å². The van der Waals surface area contributed by atoms with E-state index in [-0.39, 0.29) is 25.4 Å². The van der Waals surface area contributed by atoms with Crippen molar-refractivity contribution >= 4 is 6.03 Å². The zero-order chi connectivity index (χ0) is 21.0. The molecule has 3 N–H and O–H groups in total. The molecule has 0 saturated carbocycles. The van der Waals surface area contributed by atoms with E-state index in [4.69, 9.17) is 9.47 Å². The lowest BCUT2D eigenvalue weighted by Crippen LogP contribution is -2.44. The molecule has 154 valence electrons. The second-order valence-corrected chi connectivity index (χ2v) is 7.42. The maximum atomic E-state index is 12.7. The van der Waals surface area contributed by atoms with Gasteiger partial charge in [0, 0.05) is 0 Å². The van der Waals surface area contributed by atoms with Crippen molar-refractivity contribution in [3.05, 3.63) is 95.6 Å². The standard InChI is InChI=1S/C24H24N2O4/c1-24(28,19-12-13-20-21(14-19)30-16-29-20)15-25-23(27)26-22(17-8-4-2-5-9-17)18-10-6-3-7-11-18/h2-14,22,28H,15-16H2,1H3,(H2,25,26,27)/t24-/m1/s1. The summed E-state index contributed by atoms with van der Waals surface area (Å²) >= 11 is 0. The third kappa shape index (κ3) is 4.39. The number of carbonyl (C=O) groups excluding carboxylic acids is 1. The van der Waals surface area contributed by atoms with Gasteiger partial charge < -0.3 is 25.2 Å². The van der Waals surface area contributed by atoms with E-state index in [1.54, 1.807) is 25.1 Å². The first-order chi connectivity index (χ1) is 14.5. The van der Waals surface area contributed by atoms with Crippen molar-refractivity contribution in [2.24, 2.45) is 0 Å². The molecule has 0 unspecified atom stereocenters. The molecule has 6 nitrogen and oxygen atoms in total. The molecule has 0 saturated heterocycles. The summed E-state index contributed by atoms with van der Waals surface area (Å²) in [5.41, 5.74) is 1.31. The van der Waals surface area contributed by atoms with E-state index in [9.17, 15) is 9.90 Å². The van der Waals surface area contributed by atoms with Gasteiger partial charge in [-0.2, -0.15) is 0 Å². The topological polar surface area (TPSA) is 79.8 Å². The first kappa shape index (κ1) is 19.8. The fourth-order valence-corrected chi connectivity index (χ4v) is 3.42. The second kappa shape index (κ2) is 8.47. The Morgan fingerprint density at radius 1 is 0.967 bits per heavy atom. The van der Waals surface area contributed by atoms with Gasteiger partial charge in [-0.05, 0) is 35.7 Å². The lowest BCUT2D eigenvalue weighted by Gasteiger charge is -2.26. The smallest absolute Gasteiger partial charge is 0.315 e. The van der Waals surface area contributed by atoms with E-state index in [2.05, 4.69) is 10.6 Å². The molecule has 2 amide bonds. The van der Waals surface area contributed by atoms with Crippen LogP contribution in [0.5, 0.6) is 11.5 Å². The van der Waals surface area contributed by atoms with Crippen LogP contribution >= 0.6 is 0 Å². The van der Waals surface area contributed by atoms with Crippen molar-refractivity contribution in [1.82, 2.24) is 10.6 Å². The van der Waals surface area contributed by atoms with Crippen LogP contribution < -0.4 is 20.1 Å². The Morgan fingerprint density at radius 3 is 2.20 bits per heavy atom. The van der Waals surface area contributed by atoms with Crippen LogP contribution in [0, 0.1) is 0 Å². The number of aliphatic hydroxyl groups is 1. The number of amides is 2. The third-order valence-electron chi connectivity index (χ3n) is 5.13. The highest BCUT2D eigenvalue weighted by atomic mass is 16.7. The molecule has 3 aromatic carbocycles. The first-order valence-corrected chi connectivity index (χ1v) is 9.80. The number of urea groups is 1. The monoisotopic (exact) mass is 404 g/mol. The molecule has 0 bridgehead atoms. The molecular weight excluding hydrogens is 380 g/mol. The summed E-state index contributed by atoms with van der Waals surface area (Å²) in [7, 11) is 0. The highest BCUT2D eigenvalue weighted by Crippen LogP contribution is 2.35. The molecule has 3 aromatic rings. The van der Waals surface area contributed by atoms with E-state index in [1.165, 1.54) is 0 Å². The van der Waals surface area contributed by atoms with Gasteiger partial charge in [0.25, 0.3) is 0 Å². The highest BCUT2D eigenvalue weighted by molar-refractivity contribution is 5.75. The van der Waals surface area contributed by atoms with Gasteiger partial charge in [-0.1, -0.05) is 66.7 Å². The number of rotatable bonds is 6. The van der Waals surface area contributed by atoms with Crippen LogP contribution in [-0.2, 0) is 5.60 Å². The van der Waals surface area contributed by atoms with Crippen LogP contribution in [0.4, 0.5) is 4.79 Å². The Balaban J connectivity index is 1.45. The molecule has 6 heteroatoms. The van der Waals surface area contributed by atoms with Gasteiger partial charge in [-0.15, -0.1) is 0 Å². The fraction of sp³-hybridized carbons (Fsp3) is 0.208. The summed E-state index contributed by atoms with van der Waals surface area (Å²) in [6, 6.07) is 24.1. The summed E-state index contributed by atoms with van der Waals surface area (Å²) < 4.78 is 10.7. The Kier molecular flexibility index (Phi) is 5.59. The molecule has 0 aliphatic carbocycles. The van der Waals surface area contributed by atoms with E-state index in [0.29, 0.717) is 17.1 Å². The van der Waals surface area contributed by atoms with Gasteiger partial charge in [0.05, 0.1) is 12.6 Å². The highest BCUT2D eigenvalue weighted by Gasteiger charge is 2.27. The minimum absolute atomic E-state index is 0.0365. The molecule has 1 atom stereocenters. The maximum absolute atomic E-state index is 12.7. The van der Waals surface area contributed by atoms with Gasteiger partial charge >= 0.3 is 6.03 Å². The van der Waals surface area contributed by atoms with Crippen molar-refractivity contribution in [1.29, 1.82) is 0 Å². The van der Waals surface area contributed by atoms with E-state index in [1.807, 2.05) is 60.7 Å². The molecule has 0 fully saturated rings. The number of nitrogens with one attached hydrogen (secondary N) is 2. The summed E-state index contributed by atoms with van der Waals surface area (Å²) in [6.45, 7) is 1.85. The lowest BCUT2D eigenvalue weighted by molar-refractivity contribution is 0.0591. The predicted octanol–water partition coefficient (Wildman–Crippen LogP) is 3.71. The Labute approximate surface area is 175 Å². The largest absolute Gasteiger partial charge is 0.454 e. The van der Waals surface area contributed by atoms with Gasteiger partial charge in [0.2, 0.25) is 6.79 Å². The number of ether oxygens (including phenoxy) is 2. The van der Waals surface area contributed by atoms with Crippen LogP contribution in [-0.4, -0.2) is 24.5 Å². The summed E-state index contributed by atoms with van der Waals surface area (Å²) in [6.07, 6.45) is 0. The molecule has 0 radical (unpaired) electrons. The zero-order valence-electron chi connectivity index (χ0n) is 16.7. The third-order valence-corrected chi connectivity index (χ3v) is 5.13. The van der Waals surface area contributed by atoms with Crippen molar-refractivity contribution in [3.63, 3.8) is 0 Å². The summed E-state index contributed by atoms with van der Waals surface area (Å²) in [5.74, 6) is 1.24. The van der Waals surface area contributed by atoms with Crippen molar-refractivity contribution in [2.45, 2.75) is 18.6 Å². The molecule has 1 aliphatic rings. The van der Waals surface area contributed by atoms with Crippen LogP contribution in [0.15, 0.2) is 78.9 Å². The number of benzene rings is 3. The number of hydrogen-bond donors (Lipinski definition) is 3. The lowest BCUT2D eigenvalue weighted by atomic mass is 9.95. The second-order valence-electron chi connectivity index (χ2n) is 7.42. The van der Waals surface area contributed by atoms with Crippen LogP contribution in [0.2, 0.25) is 0 Å². The van der Waals surface area contributed by atoms with E-state index in [0.717, 1.165) is 11.1 Å². The Hall–Kier alpha value is -3.51. The minimum atomic E-state index is -1.27. The average molecular weight is 404 g/mol. The Morgan fingerprint density at radius 2 is 1.57 bits per heavy atom. The van der Waals surface area contributed by atoms with Crippen LogP contribution in [0.25, 0.3) is 0 Å². The van der Waals surface area contributed by atoms with Crippen molar-refractivity contribution in [2.75, 3.05) is 13.3 Å². The van der Waals surface area contributed by atoms with Gasteiger partial charge in [-0.3, -0.25) is 0 Å². The average Bonchev–Trinajstić information content (AvgIpc) is 3.25. The maximum Gasteiger partial charge on any atom is 0.315 e. The van der Waals surface area contributed by atoms with Gasteiger partial charge in [0.1, 0.15) is 5.60 Å². The molecule has 4 rings (SSSR count). The summed E-state index contributed by atoms with van der Waals surface area (Å²) in [5, 5.41) is 16.7. The molecule has 1 aliphatic heterocycles. The van der Waals surface area contributed by atoms with E-state index < -0.39 is 5.60 Å². The Bertz CT molecular complexity index is 967. The normalized spacial score (nSPS) is 14.2. The zero-order valence-corrected chi connectivity index (χ0v) is 16.7. The van der Waals surface area contributed by atoms with E-state index >= 15 is 0 Å². The SMILES string of the molecule is C[C@@](O)(CNC(=O)NC(c1ccccc1)c1ccccc1)c1ccc2c(c1)OCO2. The molecule has 1 heterocycles. The quantitative estimate of drug-likeness (QED) is 0.585. The van der Waals surface area contributed by atoms with Crippen molar-refractivity contribution in [3.8, 4) is 11.5 Å². The fourth-order valence-electron chi connectivity index (χ4n) is 3.42. The van der Waals surface area contributed by atoms with Crippen molar-refractivity contribution < 1.29 is 19.4 Å². The molecular formula is C24H24N2O4. The van der Waals surface area contributed by atoms with Gasteiger partial charge in [0.15, 0.2) is 11.5 Å². The first-order valence-electron chi connectivity index (χ1n) is 9.80. The molecule has 0 aromatic heterocycles. The number of carbonyl (C=O) groups is 1. The van der Waals surface area contributed by atoms with Crippen LogP contribution in [0.3, 0.4) is 0 Å². The number of fused-ring (bicyclic) bond motifs is 1. The van der Waals surface area contributed by atoms with Gasteiger partial charge in [-0.25, -0.2) is 4.79 Å².